The van der Waals surface area contributed by atoms with Gasteiger partial charge in [-0.2, -0.15) is 0 Å². The summed E-state index contributed by atoms with van der Waals surface area (Å²) in [6, 6.07) is 65.9. The highest BCUT2D eigenvalue weighted by molar-refractivity contribution is 7.20. The van der Waals surface area contributed by atoms with Gasteiger partial charge < -0.3 is 9.29 Å². The number of hydrogen-bond acceptors (Lipinski definition) is 1. The quantitative estimate of drug-likeness (QED) is 0.164. The number of nitrogens with zero attached hydrogens (tertiary/aromatic N) is 2. The van der Waals surface area contributed by atoms with Crippen LogP contribution in [-0.2, 0) is 0 Å². The highest BCUT2D eigenvalue weighted by Crippen LogP contribution is 2.48. The standard InChI is InChI=1S/C42H29BN2Si/c1-4-16-30(17-5-1)46(31-18-6-2-7-19-31,32-20-8-3-9-21-32)33-28-37-36-24-12-15-27-40(36)45-42(37)41(29-33)44-39-26-14-11-23-35(39)34-22-10-13-25-38(34)43(44)45/h1-29H. The maximum atomic E-state index is 2.62. The first-order chi connectivity index (χ1) is 22.9. The number of para-hydroxylation sites is 2. The van der Waals surface area contributed by atoms with Crippen LogP contribution in [0.25, 0.3) is 32.9 Å². The van der Waals surface area contributed by atoms with Gasteiger partial charge in [-0.15, -0.1) is 0 Å². The van der Waals surface area contributed by atoms with Crippen molar-refractivity contribution in [1.82, 2.24) is 4.48 Å². The van der Waals surface area contributed by atoms with Crippen molar-refractivity contribution < 1.29 is 0 Å². The maximum Gasteiger partial charge on any atom is 0.421 e. The molecule has 0 bridgehead atoms. The molecular weight excluding hydrogens is 571 g/mol. The van der Waals surface area contributed by atoms with Crippen LogP contribution in [-0.4, -0.2) is 19.5 Å². The molecule has 10 rings (SSSR count). The summed E-state index contributed by atoms with van der Waals surface area (Å²) in [4.78, 5) is 2.62. The minimum atomic E-state index is -2.76. The molecule has 0 atom stereocenters. The monoisotopic (exact) mass is 600 g/mol. The zero-order chi connectivity index (χ0) is 30.2. The third-order valence-corrected chi connectivity index (χ3v) is 15.0. The third-order valence-electron chi connectivity index (χ3n) is 10.3. The van der Waals surface area contributed by atoms with E-state index in [1.54, 1.807) is 0 Å². The minimum Gasteiger partial charge on any atom is -0.359 e. The van der Waals surface area contributed by atoms with Crippen LogP contribution in [0.4, 0.5) is 11.4 Å². The number of aromatic nitrogens is 1. The van der Waals surface area contributed by atoms with E-state index in [-0.39, 0.29) is 6.98 Å². The van der Waals surface area contributed by atoms with Gasteiger partial charge in [0.25, 0.3) is 0 Å². The number of hydrogen-bond donors (Lipinski definition) is 0. The molecular formula is C42H29BN2Si. The summed E-state index contributed by atoms with van der Waals surface area (Å²) >= 11 is 0. The summed E-state index contributed by atoms with van der Waals surface area (Å²) in [6.45, 7) is 0.0417. The Morgan fingerprint density at radius 2 is 0.957 bits per heavy atom. The van der Waals surface area contributed by atoms with E-state index < -0.39 is 8.07 Å². The molecule has 0 fully saturated rings. The largest absolute Gasteiger partial charge is 0.421 e. The Hall–Kier alpha value is -5.58. The zero-order valence-electron chi connectivity index (χ0n) is 25.2. The Kier molecular flexibility index (Phi) is 5.43. The van der Waals surface area contributed by atoms with E-state index in [1.807, 2.05) is 0 Å². The lowest BCUT2D eigenvalue weighted by molar-refractivity contribution is 1.31. The van der Waals surface area contributed by atoms with Crippen molar-refractivity contribution in [3.8, 4) is 11.1 Å². The van der Waals surface area contributed by atoms with Gasteiger partial charge in [0, 0.05) is 27.5 Å². The number of benzene rings is 7. The highest BCUT2D eigenvalue weighted by atomic mass is 28.3. The Balaban J connectivity index is 1.38. The predicted octanol–water partition coefficient (Wildman–Crippen LogP) is 6.55. The molecule has 7 aromatic carbocycles. The maximum absolute atomic E-state index is 2.76. The fraction of sp³-hybridized carbons (Fsp3) is 0. The van der Waals surface area contributed by atoms with Crippen LogP contribution in [0.3, 0.4) is 0 Å². The molecule has 2 aliphatic heterocycles. The molecule has 8 aromatic rings. The lowest BCUT2D eigenvalue weighted by atomic mass is 9.60. The molecule has 214 valence electrons. The molecule has 0 amide bonds. The first-order valence-electron chi connectivity index (χ1n) is 16.1. The van der Waals surface area contributed by atoms with Crippen molar-refractivity contribution in [1.29, 1.82) is 0 Å². The average Bonchev–Trinajstić information content (AvgIpc) is 3.66. The Morgan fingerprint density at radius 3 is 1.63 bits per heavy atom. The summed E-state index contributed by atoms with van der Waals surface area (Å²) < 4.78 is 2.61. The molecule has 2 nitrogen and oxygen atoms in total. The molecule has 0 spiro atoms. The van der Waals surface area contributed by atoms with Crippen molar-refractivity contribution in [2.45, 2.75) is 0 Å². The summed E-state index contributed by atoms with van der Waals surface area (Å²) in [5, 5.41) is 8.21. The first kappa shape index (κ1) is 25.7. The molecule has 0 radical (unpaired) electrons. The summed E-state index contributed by atoms with van der Waals surface area (Å²) in [5.41, 5.74) is 9.11. The Bertz CT molecular complexity index is 2340. The molecule has 4 heteroatoms. The molecule has 0 saturated heterocycles. The Labute approximate surface area is 269 Å². The van der Waals surface area contributed by atoms with Gasteiger partial charge in [0.2, 0.25) is 0 Å². The van der Waals surface area contributed by atoms with Crippen LogP contribution in [0.1, 0.15) is 0 Å². The summed E-state index contributed by atoms with van der Waals surface area (Å²) in [5.74, 6) is 0. The summed E-state index contributed by atoms with van der Waals surface area (Å²) in [6.07, 6.45) is 0. The topological polar surface area (TPSA) is 8.17 Å². The smallest absolute Gasteiger partial charge is 0.359 e. The molecule has 46 heavy (non-hydrogen) atoms. The number of rotatable bonds is 4. The second-order valence-electron chi connectivity index (χ2n) is 12.5. The number of fused-ring (bicyclic) bond motifs is 11. The molecule has 0 unspecified atom stereocenters. The molecule has 1 aromatic heterocycles. The second kappa shape index (κ2) is 9.71. The number of anilines is 2. The first-order valence-corrected chi connectivity index (χ1v) is 18.1. The van der Waals surface area contributed by atoms with Crippen molar-refractivity contribution in [3.63, 3.8) is 0 Å². The van der Waals surface area contributed by atoms with Crippen LogP contribution >= 0.6 is 0 Å². The van der Waals surface area contributed by atoms with Crippen LogP contribution < -0.4 is 31.0 Å². The normalized spacial score (nSPS) is 13.1. The second-order valence-corrected chi connectivity index (χ2v) is 16.3. The van der Waals surface area contributed by atoms with Gasteiger partial charge in [-0.05, 0) is 50.0 Å². The Morgan fingerprint density at radius 1 is 0.413 bits per heavy atom. The van der Waals surface area contributed by atoms with E-state index in [0.717, 1.165) is 0 Å². The van der Waals surface area contributed by atoms with Crippen molar-refractivity contribution in [2.75, 3.05) is 4.81 Å². The third kappa shape index (κ3) is 3.31. The fourth-order valence-electron chi connectivity index (χ4n) is 8.49. The minimum absolute atomic E-state index is 0.0417. The molecule has 0 N–H and O–H groups in total. The van der Waals surface area contributed by atoms with Gasteiger partial charge in [0.05, 0.1) is 11.2 Å². The van der Waals surface area contributed by atoms with Gasteiger partial charge in [0.1, 0.15) is 0 Å². The van der Waals surface area contributed by atoms with Crippen LogP contribution in [0.2, 0.25) is 0 Å². The van der Waals surface area contributed by atoms with E-state index in [9.17, 15) is 0 Å². The van der Waals surface area contributed by atoms with E-state index in [4.69, 9.17) is 0 Å². The van der Waals surface area contributed by atoms with Gasteiger partial charge in [-0.1, -0.05) is 158 Å². The van der Waals surface area contributed by atoms with Gasteiger partial charge >= 0.3 is 6.98 Å². The van der Waals surface area contributed by atoms with E-state index >= 15 is 0 Å². The van der Waals surface area contributed by atoms with E-state index in [2.05, 4.69) is 185 Å². The molecule has 3 heterocycles. The zero-order valence-corrected chi connectivity index (χ0v) is 26.2. The predicted molar refractivity (Wildman–Crippen MR) is 198 cm³/mol. The SMILES string of the molecule is c1ccc([Si](c2ccccc2)(c2ccccc2)c2cc3c4c(c2)c2ccccc2n4B2c4ccccc4-c4ccccc4N23)cc1. The summed E-state index contributed by atoms with van der Waals surface area (Å²) in [7, 11) is -2.76. The van der Waals surface area contributed by atoms with Crippen LogP contribution in [0.15, 0.2) is 176 Å². The lowest BCUT2D eigenvalue weighted by Gasteiger charge is -2.37. The molecule has 0 saturated carbocycles. The van der Waals surface area contributed by atoms with E-state index in [1.165, 1.54) is 70.5 Å². The van der Waals surface area contributed by atoms with Crippen LogP contribution in [0, 0.1) is 0 Å². The molecule has 0 aliphatic carbocycles. The van der Waals surface area contributed by atoms with Crippen molar-refractivity contribution in [2.24, 2.45) is 0 Å². The lowest BCUT2D eigenvalue weighted by Crippen LogP contribution is -2.74. The molecule has 2 aliphatic rings. The fourth-order valence-corrected chi connectivity index (χ4v) is 13.3. The van der Waals surface area contributed by atoms with Crippen LogP contribution in [0.5, 0.6) is 0 Å². The average molecular weight is 601 g/mol. The highest BCUT2D eigenvalue weighted by Gasteiger charge is 2.47. The van der Waals surface area contributed by atoms with Crippen molar-refractivity contribution in [3.05, 3.63) is 176 Å². The van der Waals surface area contributed by atoms with Gasteiger partial charge in [-0.3, -0.25) is 0 Å². The van der Waals surface area contributed by atoms with Crippen molar-refractivity contribution >= 4 is 74.4 Å². The van der Waals surface area contributed by atoms with Gasteiger partial charge in [0.15, 0.2) is 8.07 Å². The van der Waals surface area contributed by atoms with E-state index in [0.29, 0.717) is 0 Å². The van der Waals surface area contributed by atoms with Gasteiger partial charge in [-0.25, -0.2) is 0 Å².